The van der Waals surface area contributed by atoms with Crippen molar-refractivity contribution in [2.75, 3.05) is 20.3 Å². The minimum atomic E-state index is 0.434. The number of rotatable bonds is 6. The van der Waals surface area contributed by atoms with Gasteiger partial charge in [-0.2, -0.15) is 0 Å². The Labute approximate surface area is 91.4 Å². The Morgan fingerprint density at radius 2 is 2.20 bits per heavy atom. The highest BCUT2D eigenvalue weighted by atomic mass is 16.5. The summed E-state index contributed by atoms with van der Waals surface area (Å²) in [7, 11) is 1.67. The van der Waals surface area contributed by atoms with Crippen LogP contribution in [0.2, 0.25) is 0 Å². The molecule has 0 N–H and O–H groups in total. The van der Waals surface area contributed by atoms with Crippen LogP contribution in [0, 0.1) is 0 Å². The van der Waals surface area contributed by atoms with E-state index in [4.69, 9.17) is 9.47 Å². The van der Waals surface area contributed by atoms with Crippen LogP contribution in [-0.2, 0) is 4.74 Å². The van der Waals surface area contributed by atoms with E-state index in [-0.39, 0.29) is 0 Å². The van der Waals surface area contributed by atoms with Gasteiger partial charge in [0.1, 0.15) is 12.4 Å². The minimum Gasteiger partial charge on any atom is -0.489 e. The molecule has 3 heteroatoms. The largest absolute Gasteiger partial charge is 0.489 e. The van der Waals surface area contributed by atoms with Crippen molar-refractivity contribution in [3.05, 3.63) is 24.0 Å². The number of pyridine rings is 1. The van der Waals surface area contributed by atoms with E-state index >= 15 is 0 Å². The van der Waals surface area contributed by atoms with Gasteiger partial charge in [0.25, 0.3) is 0 Å². The van der Waals surface area contributed by atoms with E-state index in [1.165, 1.54) is 0 Å². The van der Waals surface area contributed by atoms with Gasteiger partial charge in [-0.25, -0.2) is 0 Å². The fourth-order valence-electron chi connectivity index (χ4n) is 1.32. The van der Waals surface area contributed by atoms with E-state index in [2.05, 4.69) is 18.8 Å². The molecule has 0 aliphatic carbocycles. The predicted octanol–water partition coefficient (Wildman–Crippen LogP) is 2.62. The molecule has 0 spiro atoms. The van der Waals surface area contributed by atoms with Crippen molar-refractivity contribution in [3.8, 4) is 5.75 Å². The van der Waals surface area contributed by atoms with Crippen LogP contribution in [0.4, 0.5) is 0 Å². The van der Waals surface area contributed by atoms with Crippen LogP contribution in [0.5, 0.6) is 5.75 Å². The van der Waals surface area contributed by atoms with Crippen LogP contribution >= 0.6 is 0 Å². The van der Waals surface area contributed by atoms with E-state index < -0.39 is 0 Å². The first-order valence-electron chi connectivity index (χ1n) is 5.36. The Morgan fingerprint density at radius 3 is 2.87 bits per heavy atom. The number of aromatic nitrogens is 1. The van der Waals surface area contributed by atoms with Crippen LogP contribution in [-0.4, -0.2) is 25.3 Å². The van der Waals surface area contributed by atoms with Gasteiger partial charge < -0.3 is 9.47 Å². The van der Waals surface area contributed by atoms with Crippen molar-refractivity contribution in [1.29, 1.82) is 0 Å². The van der Waals surface area contributed by atoms with Gasteiger partial charge in [-0.1, -0.05) is 13.8 Å². The van der Waals surface area contributed by atoms with Crippen LogP contribution in [0.1, 0.15) is 31.9 Å². The van der Waals surface area contributed by atoms with E-state index in [1.807, 2.05) is 18.3 Å². The summed E-state index contributed by atoms with van der Waals surface area (Å²) in [5.41, 5.74) is 1.04. The Balaban J connectivity index is 2.68. The van der Waals surface area contributed by atoms with Crippen molar-refractivity contribution in [3.63, 3.8) is 0 Å². The zero-order chi connectivity index (χ0) is 11.1. The fourth-order valence-corrected chi connectivity index (χ4v) is 1.32. The molecule has 0 aliphatic rings. The van der Waals surface area contributed by atoms with E-state index in [9.17, 15) is 0 Å². The van der Waals surface area contributed by atoms with Crippen molar-refractivity contribution >= 4 is 0 Å². The van der Waals surface area contributed by atoms with Crippen molar-refractivity contribution in [2.45, 2.75) is 26.2 Å². The minimum absolute atomic E-state index is 0.434. The maximum absolute atomic E-state index is 5.61. The third-order valence-electron chi connectivity index (χ3n) is 2.42. The van der Waals surface area contributed by atoms with E-state index in [0.29, 0.717) is 19.1 Å². The number of ether oxygens (including phenoxy) is 2. The Kier molecular flexibility index (Phi) is 5.12. The molecule has 0 aromatic carbocycles. The Morgan fingerprint density at radius 1 is 1.40 bits per heavy atom. The zero-order valence-electron chi connectivity index (χ0n) is 9.69. The van der Waals surface area contributed by atoms with E-state index in [1.54, 1.807) is 7.11 Å². The van der Waals surface area contributed by atoms with E-state index in [0.717, 1.165) is 17.9 Å². The normalized spacial score (nSPS) is 12.5. The molecule has 1 aromatic rings. The average molecular weight is 209 g/mol. The van der Waals surface area contributed by atoms with Gasteiger partial charge in [0, 0.05) is 19.2 Å². The summed E-state index contributed by atoms with van der Waals surface area (Å²) in [5, 5.41) is 0. The van der Waals surface area contributed by atoms with Gasteiger partial charge in [-0.15, -0.1) is 0 Å². The second-order valence-corrected chi connectivity index (χ2v) is 3.54. The molecule has 1 rings (SSSR count). The summed E-state index contributed by atoms with van der Waals surface area (Å²) in [6.07, 6.45) is 2.88. The van der Waals surface area contributed by atoms with Gasteiger partial charge in [0.05, 0.1) is 12.3 Å². The smallest absolute Gasteiger partial charge is 0.141 e. The second kappa shape index (κ2) is 6.40. The van der Waals surface area contributed by atoms with Gasteiger partial charge in [-0.05, 0) is 18.6 Å². The summed E-state index contributed by atoms with van der Waals surface area (Å²) in [6, 6.07) is 3.86. The van der Waals surface area contributed by atoms with Gasteiger partial charge in [-0.3, -0.25) is 4.98 Å². The molecule has 1 aromatic heterocycles. The van der Waals surface area contributed by atoms with Gasteiger partial charge in [0.15, 0.2) is 0 Å². The maximum Gasteiger partial charge on any atom is 0.141 e. The summed E-state index contributed by atoms with van der Waals surface area (Å²) in [5.74, 6) is 1.31. The van der Waals surface area contributed by atoms with Gasteiger partial charge in [0.2, 0.25) is 0 Å². The third kappa shape index (κ3) is 3.51. The maximum atomic E-state index is 5.61. The average Bonchev–Trinajstić information content (AvgIpc) is 2.29. The summed E-state index contributed by atoms with van der Waals surface area (Å²) in [6.45, 7) is 5.49. The zero-order valence-corrected chi connectivity index (χ0v) is 9.69. The first-order chi connectivity index (χ1) is 7.29. The second-order valence-electron chi connectivity index (χ2n) is 3.54. The van der Waals surface area contributed by atoms with Crippen molar-refractivity contribution in [2.24, 2.45) is 0 Å². The monoisotopic (exact) mass is 209 g/mol. The highest BCUT2D eigenvalue weighted by molar-refractivity contribution is 5.29. The molecule has 0 fully saturated rings. The summed E-state index contributed by atoms with van der Waals surface area (Å²) in [4.78, 5) is 4.36. The quantitative estimate of drug-likeness (QED) is 0.675. The number of hydrogen-bond donors (Lipinski definition) is 0. The molecule has 84 valence electrons. The molecule has 0 saturated heterocycles. The molecule has 1 atom stereocenters. The Bertz CT molecular complexity index is 289. The molecular formula is C12H19NO2. The highest BCUT2D eigenvalue weighted by Gasteiger charge is 2.10. The number of hydrogen-bond acceptors (Lipinski definition) is 3. The van der Waals surface area contributed by atoms with Crippen LogP contribution < -0.4 is 4.74 Å². The topological polar surface area (TPSA) is 31.4 Å². The first kappa shape index (κ1) is 12.0. The molecular weight excluding hydrogens is 190 g/mol. The predicted molar refractivity (Wildman–Crippen MR) is 60.3 cm³/mol. The summed E-state index contributed by atoms with van der Waals surface area (Å²) < 4.78 is 10.6. The lowest BCUT2D eigenvalue weighted by Gasteiger charge is -2.13. The standard InChI is InChI=1S/C12H19NO2/c1-4-10(2)12-11(6-5-7-13-12)15-9-8-14-3/h5-7,10H,4,8-9H2,1-3H3. The lowest BCUT2D eigenvalue weighted by molar-refractivity contribution is 0.145. The molecule has 0 bridgehead atoms. The molecule has 0 aliphatic heterocycles. The Hall–Kier alpha value is -1.09. The SMILES string of the molecule is CCC(C)c1ncccc1OCCOC. The van der Waals surface area contributed by atoms with Crippen LogP contribution in [0.3, 0.4) is 0 Å². The fraction of sp³-hybridized carbons (Fsp3) is 0.583. The first-order valence-corrected chi connectivity index (χ1v) is 5.36. The molecule has 0 saturated carbocycles. The van der Waals surface area contributed by atoms with Gasteiger partial charge >= 0.3 is 0 Å². The molecule has 0 radical (unpaired) electrons. The molecule has 15 heavy (non-hydrogen) atoms. The highest BCUT2D eigenvalue weighted by Crippen LogP contribution is 2.25. The number of nitrogens with zero attached hydrogens (tertiary/aromatic N) is 1. The molecule has 1 unspecified atom stereocenters. The molecule has 0 amide bonds. The van der Waals surface area contributed by atoms with Crippen molar-refractivity contribution < 1.29 is 9.47 Å². The third-order valence-corrected chi connectivity index (χ3v) is 2.42. The van der Waals surface area contributed by atoms with Crippen LogP contribution in [0.25, 0.3) is 0 Å². The molecule has 1 heterocycles. The summed E-state index contributed by atoms with van der Waals surface area (Å²) >= 11 is 0. The molecule has 3 nitrogen and oxygen atoms in total. The number of methoxy groups -OCH3 is 1. The lowest BCUT2D eigenvalue weighted by Crippen LogP contribution is -2.07. The lowest BCUT2D eigenvalue weighted by atomic mass is 10.0. The van der Waals surface area contributed by atoms with Crippen molar-refractivity contribution in [1.82, 2.24) is 4.98 Å². The van der Waals surface area contributed by atoms with Crippen LogP contribution in [0.15, 0.2) is 18.3 Å².